The van der Waals surface area contributed by atoms with Crippen LogP contribution in [-0.2, 0) is 6.42 Å². The lowest BCUT2D eigenvalue weighted by atomic mass is 9.95. The van der Waals surface area contributed by atoms with Gasteiger partial charge in [-0.1, -0.05) is 24.3 Å². The number of nitrogens with one attached hydrogen (secondary N) is 1. The molecule has 0 spiro atoms. The number of carbonyl (C=O) groups is 1. The Morgan fingerprint density at radius 3 is 2.33 bits per heavy atom. The summed E-state index contributed by atoms with van der Waals surface area (Å²) in [4.78, 5) is 39.2. The lowest BCUT2D eigenvalue weighted by Gasteiger charge is -2.20. The summed E-state index contributed by atoms with van der Waals surface area (Å²) in [5, 5.41) is 3.59. The summed E-state index contributed by atoms with van der Waals surface area (Å²) in [6, 6.07) is 14.5. The maximum Gasteiger partial charge on any atom is 0.349 e. The number of ether oxygens (including phenoxy) is 4. The molecule has 1 aliphatic carbocycles. The fourth-order valence-corrected chi connectivity index (χ4v) is 5.07. The Morgan fingerprint density at radius 1 is 0.872 bits per heavy atom. The third-order valence-corrected chi connectivity index (χ3v) is 6.91. The fraction of sp³-hybridized carbons (Fsp3) is 0.233. The topological polar surface area (TPSA) is 113 Å². The van der Waals surface area contributed by atoms with Gasteiger partial charge in [0.05, 0.1) is 34.5 Å². The Morgan fingerprint density at radius 2 is 1.62 bits per heavy atom. The second-order valence-corrected chi connectivity index (χ2v) is 9.01. The van der Waals surface area contributed by atoms with Gasteiger partial charge >= 0.3 is 5.63 Å². The van der Waals surface area contributed by atoms with Gasteiger partial charge in [0.1, 0.15) is 11.1 Å². The lowest BCUT2D eigenvalue weighted by molar-refractivity contribution is 0.0931. The molecule has 0 saturated heterocycles. The molecule has 5 rings (SSSR count). The maximum atomic E-state index is 13.4. The van der Waals surface area contributed by atoms with Gasteiger partial charge in [-0.3, -0.25) is 9.59 Å². The van der Waals surface area contributed by atoms with Crippen LogP contribution < -0.4 is 35.3 Å². The number of para-hydroxylation sites is 1. The quantitative estimate of drug-likeness (QED) is 0.369. The molecule has 0 fully saturated rings. The van der Waals surface area contributed by atoms with Gasteiger partial charge in [0.25, 0.3) is 5.91 Å². The summed E-state index contributed by atoms with van der Waals surface area (Å²) in [6.45, 7) is 0. The second kappa shape index (κ2) is 10.5. The van der Waals surface area contributed by atoms with Gasteiger partial charge in [0.2, 0.25) is 11.2 Å². The Bertz CT molecular complexity index is 1710. The molecule has 4 aromatic rings. The van der Waals surface area contributed by atoms with Crippen LogP contribution in [0.5, 0.6) is 23.0 Å². The highest BCUT2D eigenvalue weighted by atomic mass is 16.5. The van der Waals surface area contributed by atoms with Crippen molar-refractivity contribution in [2.45, 2.75) is 18.9 Å². The molecule has 0 unspecified atom stereocenters. The van der Waals surface area contributed by atoms with E-state index >= 15 is 0 Å². The van der Waals surface area contributed by atoms with E-state index in [1.165, 1.54) is 33.5 Å². The van der Waals surface area contributed by atoms with E-state index in [-0.39, 0.29) is 16.7 Å². The van der Waals surface area contributed by atoms with E-state index in [1.54, 1.807) is 43.5 Å². The zero-order valence-corrected chi connectivity index (χ0v) is 22.0. The summed E-state index contributed by atoms with van der Waals surface area (Å²) < 4.78 is 27.6. The van der Waals surface area contributed by atoms with Crippen molar-refractivity contribution < 1.29 is 28.2 Å². The number of fused-ring (bicyclic) bond motifs is 4. The van der Waals surface area contributed by atoms with E-state index < -0.39 is 17.6 Å². The van der Waals surface area contributed by atoms with E-state index in [1.807, 2.05) is 6.07 Å². The van der Waals surface area contributed by atoms with E-state index in [2.05, 4.69) is 5.32 Å². The minimum absolute atomic E-state index is 0.127. The highest BCUT2D eigenvalue weighted by Gasteiger charge is 2.30. The summed E-state index contributed by atoms with van der Waals surface area (Å²) in [5.74, 6) is 0.872. The van der Waals surface area contributed by atoms with Crippen LogP contribution in [0.3, 0.4) is 0 Å². The summed E-state index contributed by atoms with van der Waals surface area (Å²) in [5.41, 5.74) is 1.95. The highest BCUT2D eigenvalue weighted by molar-refractivity contribution is 5.97. The van der Waals surface area contributed by atoms with Crippen LogP contribution in [0, 0.1) is 0 Å². The molecule has 0 aliphatic heterocycles. The molecule has 9 nitrogen and oxygen atoms in total. The summed E-state index contributed by atoms with van der Waals surface area (Å²) >= 11 is 0. The smallest absolute Gasteiger partial charge is 0.349 e. The molecule has 1 heterocycles. The minimum atomic E-state index is -0.746. The third-order valence-electron chi connectivity index (χ3n) is 6.91. The molecule has 0 radical (unpaired) electrons. The Labute approximate surface area is 223 Å². The van der Waals surface area contributed by atoms with Crippen LogP contribution in [0.4, 0.5) is 0 Å². The van der Waals surface area contributed by atoms with Crippen molar-refractivity contribution in [2.24, 2.45) is 0 Å². The van der Waals surface area contributed by atoms with Crippen molar-refractivity contribution in [2.75, 3.05) is 28.4 Å². The number of hydrogen-bond donors (Lipinski definition) is 1. The monoisotopic (exact) mass is 529 g/mol. The molecule has 200 valence electrons. The first-order valence-corrected chi connectivity index (χ1v) is 12.3. The third kappa shape index (κ3) is 4.56. The predicted molar refractivity (Wildman–Crippen MR) is 145 cm³/mol. The van der Waals surface area contributed by atoms with Crippen molar-refractivity contribution in [1.29, 1.82) is 0 Å². The van der Waals surface area contributed by atoms with Crippen LogP contribution in [0.2, 0.25) is 0 Å². The van der Waals surface area contributed by atoms with Gasteiger partial charge in [0, 0.05) is 10.9 Å². The molecule has 39 heavy (non-hydrogen) atoms. The molecule has 1 atom stereocenters. The number of amides is 1. The van der Waals surface area contributed by atoms with Gasteiger partial charge < -0.3 is 28.7 Å². The maximum absolute atomic E-state index is 13.4. The van der Waals surface area contributed by atoms with E-state index in [4.69, 9.17) is 23.4 Å². The SMILES string of the molecule is COc1cc2c(c(OC)c1OC)-c1ccc(OC)c(=O)cc1[C@@H](NC(=O)c1cc3ccccc3oc1=O)CC2. The number of methoxy groups -OCH3 is 4. The van der Waals surface area contributed by atoms with Crippen molar-refractivity contribution in [3.05, 3.63) is 91.9 Å². The molecule has 1 amide bonds. The van der Waals surface area contributed by atoms with Crippen LogP contribution >= 0.6 is 0 Å². The fourth-order valence-electron chi connectivity index (χ4n) is 5.07. The van der Waals surface area contributed by atoms with Crippen molar-refractivity contribution in [1.82, 2.24) is 5.32 Å². The second-order valence-electron chi connectivity index (χ2n) is 9.01. The first-order chi connectivity index (χ1) is 18.9. The molecule has 3 aromatic carbocycles. The van der Waals surface area contributed by atoms with Crippen LogP contribution in [0.15, 0.2) is 68.6 Å². The average Bonchev–Trinajstić information content (AvgIpc) is 3.19. The molecule has 0 bridgehead atoms. The van der Waals surface area contributed by atoms with Crippen molar-refractivity contribution in [3.8, 4) is 34.1 Å². The molecular formula is C30H27NO8. The van der Waals surface area contributed by atoms with Gasteiger partial charge in [0.15, 0.2) is 17.2 Å². The van der Waals surface area contributed by atoms with Gasteiger partial charge in [-0.15, -0.1) is 0 Å². The molecule has 1 aromatic heterocycles. The van der Waals surface area contributed by atoms with Crippen LogP contribution in [0.1, 0.15) is 33.9 Å². The zero-order valence-electron chi connectivity index (χ0n) is 22.0. The average molecular weight is 530 g/mol. The van der Waals surface area contributed by atoms with Gasteiger partial charge in [-0.25, -0.2) is 4.79 Å². The molecular weight excluding hydrogens is 502 g/mol. The standard InChI is InChI=1S/C30H27NO8/c1-35-24-12-10-18-19(15-22(24)32)21(11-9-17-14-25(36-2)27(37-3)28(38-4)26(17)18)31-29(33)20-13-16-7-5-6-8-23(16)39-30(20)34/h5-8,10,12-15,21H,9,11H2,1-4H3,(H,31,33)/t21-/m0/s1. The van der Waals surface area contributed by atoms with E-state index in [0.29, 0.717) is 57.7 Å². The van der Waals surface area contributed by atoms with E-state index in [9.17, 15) is 14.4 Å². The highest BCUT2D eigenvalue weighted by Crippen LogP contribution is 2.50. The Balaban J connectivity index is 1.68. The zero-order chi connectivity index (χ0) is 27.7. The van der Waals surface area contributed by atoms with Crippen molar-refractivity contribution in [3.63, 3.8) is 0 Å². The Hall–Kier alpha value is -4.79. The van der Waals surface area contributed by atoms with Crippen LogP contribution in [-0.4, -0.2) is 34.3 Å². The number of carbonyl (C=O) groups excluding carboxylic acids is 1. The number of hydrogen-bond acceptors (Lipinski definition) is 8. The van der Waals surface area contributed by atoms with E-state index in [0.717, 1.165) is 5.56 Å². The summed E-state index contributed by atoms with van der Waals surface area (Å²) in [7, 11) is 6.01. The van der Waals surface area contributed by atoms with Crippen molar-refractivity contribution >= 4 is 16.9 Å². The minimum Gasteiger partial charge on any atom is -0.493 e. The first kappa shape index (κ1) is 25.8. The number of benzene rings is 2. The summed E-state index contributed by atoms with van der Waals surface area (Å²) in [6.07, 6.45) is 0.933. The van der Waals surface area contributed by atoms with Gasteiger partial charge in [-0.2, -0.15) is 0 Å². The first-order valence-electron chi connectivity index (χ1n) is 12.3. The molecule has 9 heteroatoms. The Kier molecular flexibility index (Phi) is 6.98. The molecule has 0 saturated carbocycles. The molecule has 1 N–H and O–H groups in total. The number of aryl methyl sites for hydroxylation is 1. The number of rotatable bonds is 6. The lowest BCUT2D eigenvalue weighted by Crippen LogP contribution is -2.32. The molecule has 1 aliphatic rings. The van der Waals surface area contributed by atoms with Gasteiger partial charge in [-0.05, 0) is 59.9 Å². The largest absolute Gasteiger partial charge is 0.493 e. The van der Waals surface area contributed by atoms with Crippen LogP contribution in [0.25, 0.3) is 22.1 Å². The normalized spacial score (nSPS) is 14.0. The predicted octanol–water partition coefficient (Wildman–Crippen LogP) is 4.27.